The van der Waals surface area contributed by atoms with E-state index in [2.05, 4.69) is 87.2 Å². The average Bonchev–Trinajstić information content (AvgIpc) is 3.35. The minimum atomic E-state index is -0.347. The molecule has 4 atom stereocenters. The Kier molecular flexibility index (Phi) is 5.37. The van der Waals surface area contributed by atoms with Crippen LogP contribution in [0.5, 0.6) is 5.75 Å². The van der Waals surface area contributed by atoms with E-state index in [0.29, 0.717) is 18.4 Å². The second kappa shape index (κ2) is 8.23. The summed E-state index contributed by atoms with van der Waals surface area (Å²) in [5, 5.41) is 0. The molecule has 3 heterocycles. The van der Waals surface area contributed by atoms with Crippen molar-refractivity contribution in [3.63, 3.8) is 0 Å². The molecular formula is C31H38N2O2. The topological polar surface area (TPSA) is 32.8 Å². The number of fused-ring (bicyclic) bond motifs is 4. The fraction of sp³-hybridized carbons (Fsp3) is 0.516. The lowest BCUT2D eigenvalue weighted by atomic mass is 9.67. The van der Waals surface area contributed by atoms with E-state index in [-0.39, 0.29) is 23.0 Å². The van der Waals surface area contributed by atoms with Gasteiger partial charge < -0.3 is 14.5 Å². The smallest absolute Gasteiger partial charge is 0.232 e. The Balaban J connectivity index is 1.16. The molecular weight excluding hydrogens is 432 g/mol. The van der Waals surface area contributed by atoms with E-state index in [4.69, 9.17) is 4.74 Å². The number of piperidine rings is 1. The van der Waals surface area contributed by atoms with Gasteiger partial charge in [0, 0.05) is 23.9 Å². The standard InChI is InChI=1S/C31H38N2O2/c1-21(2)31(18-28-33(29(31)34)20-25-17-22(3)9-10-27(25)35-28)14-16-32-15-13-30(23(4)19-32)12-11-24-7-5-6-8-26(24)30/h5-12,17,21,23,28H,13-16,18-20H2,1-4H3/t23-,28?,30-,31?/m0/s1. The lowest BCUT2D eigenvalue weighted by Gasteiger charge is -2.45. The molecule has 4 aliphatic rings. The Labute approximate surface area is 210 Å². The zero-order valence-electron chi connectivity index (χ0n) is 21.6. The summed E-state index contributed by atoms with van der Waals surface area (Å²) >= 11 is 0. The summed E-state index contributed by atoms with van der Waals surface area (Å²) in [7, 11) is 0. The van der Waals surface area contributed by atoms with Crippen LogP contribution in [0.15, 0.2) is 48.5 Å². The van der Waals surface area contributed by atoms with Crippen LogP contribution in [-0.2, 0) is 16.8 Å². The van der Waals surface area contributed by atoms with Gasteiger partial charge in [0.25, 0.3) is 0 Å². The van der Waals surface area contributed by atoms with E-state index < -0.39 is 0 Å². The maximum atomic E-state index is 13.9. The Morgan fingerprint density at radius 2 is 2.00 bits per heavy atom. The predicted octanol–water partition coefficient (Wildman–Crippen LogP) is 5.78. The monoisotopic (exact) mass is 470 g/mol. The third-order valence-electron chi connectivity index (χ3n) is 9.65. The SMILES string of the molecule is Cc1ccc2c(c1)CN1C(=O)C(CCN3CC[C@@]4(C=Cc5ccccc54)[C@@H](C)C3)(C(C)C)CC1O2. The van der Waals surface area contributed by atoms with Gasteiger partial charge in [-0.1, -0.05) is 74.9 Å². The number of likely N-dealkylation sites (tertiary alicyclic amines) is 1. The first-order valence-electron chi connectivity index (χ1n) is 13.4. The predicted molar refractivity (Wildman–Crippen MR) is 140 cm³/mol. The molecule has 4 nitrogen and oxygen atoms in total. The van der Waals surface area contributed by atoms with E-state index >= 15 is 0 Å². The normalized spacial score (nSPS) is 31.6. The van der Waals surface area contributed by atoms with E-state index in [0.717, 1.165) is 50.2 Å². The van der Waals surface area contributed by atoms with Gasteiger partial charge in [-0.3, -0.25) is 4.79 Å². The van der Waals surface area contributed by atoms with Gasteiger partial charge in [-0.2, -0.15) is 0 Å². The van der Waals surface area contributed by atoms with Crippen LogP contribution in [0.4, 0.5) is 0 Å². The minimum absolute atomic E-state index is 0.135. The molecule has 6 rings (SSSR count). The summed E-state index contributed by atoms with van der Waals surface area (Å²) < 4.78 is 6.38. The summed E-state index contributed by atoms with van der Waals surface area (Å²) in [4.78, 5) is 18.5. The fourth-order valence-corrected chi connectivity index (χ4v) is 7.30. The molecule has 1 aliphatic carbocycles. The van der Waals surface area contributed by atoms with E-state index in [1.807, 2.05) is 4.90 Å². The van der Waals surface area contributed by atoms with Crippen LogP contribution in [0.3, 0.4) is 0 Å². The van der Waals surface area contributed by atoms with Crippen LogP contribution in [0, 0.1) is 24.2 Å². The highest BCUT2D eigenvalue weighted by Gasteiger charge is 2.55. The van der Waals surface area contributed by atoms with Crippen molar-refractivity contribution in [2.45, 2.75) is 65.1 Å². The van der Waals surface area contributed by atoms with Gasteiger partial charge in [-0.25, -0.2) is 0 Å². The van der Waals surface area contributed by atoms with Crippen molar-refractivity contribution in [2.24, 2.45) is 17.3 Å². The molecule has 184 valence electrons. The average molecular weight is 471 g/mol. The van der Waals surface area contributed by atoms with E-state index in [1.165, 1.54) is 16.7 Å². The van der Waals surface area contributed by atoms with Gasteiger partial charge in [0.15, 0.2) is 6.23 Å². The quantitative estimate of drug-likeness (QED) is 0.567. The highest BCUT2D eigenvalue weighted by atomic mass is 16.5. The number of rotatable bonds is 4. The highest BCUT2D eigenvalue weighted by molar-refractivity contribution is 5.86. The highest BCUT2D eigenvalue weighted by Crippen LogP contribution is 2.50. The first-order valence-corrected chi connectivity index (χ1v) is 13.4. The second-order valence-corrected chi connectivity index (χ2v) is 11.8. The third kappa shape index (κ3) is 3.48. The van der Waals surface area contributed by atoms with Crippen molar-refractivity contribution >= 4 is 12.0 Å². The molecule has 35 heavy (non-hydrogen) atoms. The summed E-state index contributed by atoms with van der Waals surface area (Å²) in [5.74, 6) is 2.08. The third-order valence-corrected chi connectivity index (χ3v) is 9.65. The van der Waals surface area contributed by atoms with Crippen LogP contribution in [0.1, 0.15) is 62.3 Å². The molecule has 2 unspecified atom stereocenters. The number of amides is 1. The van der Waals surface area contributed by atoms with Crippen molar-refractivity contribution in [1.29, 1.82) is 0 Å². The van der Waals surface area contributed by atoms with Gasteiger partial charge in [-0.05, 0) is 61.9 Å². The second-order valence-electron chi connectivity index (χ2n) is 11.8. The maximum absolute atomic E-state index is 13.9. The fourth-order valence-electron chi connectivity index (χ4n) is 7.30. The van der Waals surface area contributed by atoms with Gasteiger partial charge in [0.2, 0.25) is 5.91 Å². The Hall–Kier alpha value is -2.59. The van der Waals surface area contributed by atoms with E-state index in [1.54, 1.807) is 0 Å². The number of ether oxygens (including phenoxy) is 1. The summed E-state index contributed by atoms with van der Waals surface area (Å²) in [6.07, 6.45) is 7.49. The molecule has 2 aromatic rings. The van der Waals surface area contributed by atoms with Gasteiger partial charge in [0.1, 0.15) is 5.75 Å². The molecule has 2 fully saturated rings. The van der Waals surface area contributed by atoms with Crippen LogP contribution in [-0.4, -0.2) is 41.6 Å². The van der Waals surface area contributed by atoms with Gasteiger partial charge in [-0.15, -0.1) is 0 Å². The summed E-state index contributed by atoms with van der Waals surface area (Å²) in [6, 6.07) is 15.2. The van der Waals surface area contributed by atoms with Crippen molar-refractivity contribution in [2.75, 3.05) is 19.6 Å². The van der Waals surface area contributed by atoms with Crippen molar-refractivity contribution in [3.8, 4) is 5.75 Å². The number of aryl methyl sites for hydroxylation is 1. The van der Waals surface area contributed by atoms with Crippen LogP contribution in [0.25, 0.3) is 6.08 Å². The molecule has 0 aromatic heterocycles. The molecule has 4 heteroatoms. The number of hydrogen-bond donors (Lipinski definition) is 0. The molecule has 0 radical (unpaired) electrons. The molecule has 0 bridgehead atoms. The Morgan fingerprint density at radius 1 is 1.17 bits per heavy atom. The molecule has 1 amide bonds. The van der Waals surface area contributed by atoms with Crippen LogP contribution < -0.4 is 4.74 Å². The van der Waals surface area contributed by atoms with Crippen molar-refractivity contribution in [1.82, 2.24) is 9.80 Å². The van der Waals surface area contributed by atoms with E-state index in [9.17, 15) is 4.79 Å². The first kappa shape index (κ1) is 22.8. The molecule has 0 saturated carbocycles. The summed E-state index contributed by atoms with van der Waals surface area (Å²) in [6.45, 7) is 12.8. The molecule has 0 N–H and O–H groups in total. The maximum Gasteiger partial charge on any atom is 0.232 e. The van der Waals surface area contributed by atoms with Gasteiger partial charge >= 0.3 is 0 Å². The zero-order valence-corrected chi connectivity index (χ0v) is 21.6. The molecule has 3 aliphatic heterocycles. The van der Waals surface area contributed by atoms with Crippen LogP contribution in [0.2, 0.25) is 0 Å². The number of carbonyl (C=O) groups excluding carboxylic acids is 1. The molecule has 2 saturated heterocycles. The summed E-state index contributed by atoms with van der Waals surface area (Å²) in [5.41, 5.74) is 5.06. The molecule has 1 spiro atoms. The van der Waals surface area contributed by atoms with Crippen molar-refractivity contribution in [3.05, 3.63) is 70.8 Å². The van der Waals surface area contributed by atoms with Crippen LogP contribution >= 0.6 is 0 Å². The number of allylic oxidation sites excluding steroid dienone is 1. The number of benzene rings is 2. The van der Waals surface area contributed by atoms with Crippen molar-refractivity contribution < 1.29 is 9.53 Å². The first-order chi connectivity index (χ1) is 16.8. The number of carbonyl (C=O) groups is 1. The lowest BCUT2D eigenvalue weighted by molar-refractivity contribution is -0.142. The van der Waals surface area contributed by atoms with Gasteiger partial charge in [0.05, 0.1) is 12.0 Å². The lowest BCUT2D eigenvalue weighted by Crippen LogP contribution is -2.49. The minimum Gasteiger partial charge on any atom is -0.470 e. The molecule has 2 aromatic carbocycles. The zero-order chi connectivity index (χ0) is 24.4. The number of hydrogen-bond acceptors (Lipinski definition) is 3. The largest absolute Gasteiger partial charge is 0.470 e. The Bertz CT molecular complexity index is 1190. The Morgan fingerprint density at radius 3 is 2.80 bits per heavy atom. The number of nitrogens with zero attached hydrogens (tertiary/aromatic N) is 2.